The monoisotopic (exact) mass is 304 g/mol. The Morgan fingerprint density at radius 1 is 1.27 bits per heavy atom. The van der Waals surface area contributed by atoms with Crippen LogP contribution >= 0.6 is 0 Å². The van der Waals surface area contributed by atoms with Crippen LogP contribution in [0.5, 0.6) is 0 Å². The van der Waals surface area contributed by atoms with Gasteiger partial charge in [-0.2, -0.15) is 0 Å². The zero-order valence-corrected chi connectivity index (χ0v) is 13.6. The molecule has 1 aliphatic heterocycles. The van der Waals surface area contributed by atoms with E-state index in [1.54, 1.807) is 11.8 Å². The molecule has 0 radical (unpaired) electrons. The van der Waals surface area contributed by atoms with Crippen LogP contribution in [0, 0.1) is 5.41 Å². The highest BCUT2D eigenvalue weighted by atomic mass is 16.4. The number of carboxylic acid groups (broad SMARTS) is 1. The van der Waals surface area contributed by atoms with Crippen molar-refractivity contribution in [2.24, 2.45) is 5.41 Å². The topological polar surface area (TPSA) is 69.6 Å². The maximum absolute atomic E-state index is 12.4. The van der Waals surface area contributed by atoms with Gasteiger partial charge < -0.3 is 15.3 Å². The fraction of sp³-hybridized carbons (Fsp3) is 0.529. The van der Waals surface area contributed by atoms with Crippen LogP contribution in [-0.2, 0) is 10.2 Å². The summed E-state index contributed by atoms with van der Waals surface area (Å²) in [4.78, 5) is 25.3. The third-order valence-corrected chi connectivity index (χ3v) is 4.25. The van der Waals surface area contributed by atoms with Gasteiger partial charge in [0.1, 0.15) is 0 Å². The molecule has 2 amide bonds. The van der Waals surface area contributed by atoms with Crippen LogP contribution in [0.25, 0.3) is 0 Å². The molecule has 0 aromatic heterocycles. The average Bonchev–Trinajstić information content (AvgIpc) is 2.82. The van der Waals surface area contributed by atoms with Crippen molar-refractivity contribution in [1.29, 1.82) is 0 Å². The molecule has 0 bridgehead atoms. The van der Waals surface area contributed by atoms with Gasteiger partial charge in [0.2, 0.25) is 0 Å². The van der Waals surface area contributed by atoms with Crippen LogP contribution in [0.3, 0.4) is 0 Å². The summed E-state index contributed by atoms with van der Waals surface area (Å²) in [6, 6.07) is 7.48. The van der Waals surface area contributed by atoms with Crippen LogP contribution in [0.2, 0.25) is 0 Å². The molecular formula is C17H24N2O3. The third kappa shape index (κ3) is 3.24. The van der Waals surface area contributed by atoms with E-state index in [0.29, 0.717) is 13.0 Å². The van der Waals surface area contributed by atoms with Crippen molar-refractivity contribution < 1.29 is 14.7 Å². The maximum Gasteiger partial charge on any atom is 0.321 e. The minimum atomic E-state index is -0.849. The standard InChI is InChI=1S/C17H24N2O3/c1-16(2,3)12-7-5-6-8-13(12)18-15(22)19-10-9-17(4,11-19)14(20)21/h5-8H,9-11H2,1-4H3,(H,18,22)(H,20,21). The van der Waals surface area contributed by atoms with Crippen molar-refractivity contribution in [3.63, 3.8) is 0 Å². The molecule has 2 N–H and O–H groups in total. The number of benzene rings is 1. The van der Waals surface area contributed by atoms with Crippen molar-refractivity contribution in [3.05, 3.63) is 29.8 Å². The fourth-order valence-corrected chi connectivity index (χ4v) is 2.75. The Morgan fingerprint density at radius 3 is 2.45 bits per heavy atom. The Kier molecular flexibility index (Phi) is 4.18. The summed E-state index contributed by atoms with van der Waals surface area (Å²) in [6.45, 7) is 8.67. The second-order valence-corrected chi connectivity index (χ2v) is 7.26. The number of amides is 2. The van der Waals surface area contributed by atoms with Gasteiger partial charge >= 0.3 is 12.0 Å². The molecule has 1 heterocycles. The number of aliphatic carboxylic acids is 1. The number of nitrogens with zero attached hydrogens (tertiary/aromatic N) is 1. The molecule has 22 heavy (non-hydrogen) atoms. The predicted octanol–water partition coefficient (Wildman–Crippen LogP) is 3.31. The molecule has 1 aromatic rings. The van der Waals surface area contributed by atoms with E-state index in [4.69, 9.17) is 0 Å². The molecule has 1 unspecified atom stereocenters. The predicted molar refractivity (Wildman–Crippen MR) is 86.1 cm³/mol. The molecule has 0 aliphatic carbocycles. The summed E-state index contributed by atoms with van der Waals surface area (Å²) < 4.78 is 0. The van der Waals surface area contributed by atoms with E-state index in [1.165, 1.54) is 0 Å². The van der Waals surface area contributed by atoms with E-state index in [-0.39, 0.29) is 18.0 Å². The van der Waals surface area contributed by atoms with Gasteiger partial charge in [0, 0.05) is 18.8 Å². The van der Waals surface area contributed by atoms with Gasteiger partial charge in [0.15, 0.2) is 0 Å². The van der Waals surface area contributed by atoms with Crippen LogP contribution in [0.4, 0.5) is 10.5 Å². The van der Waals surface area contributed by atoms with Gasteiger partial charge in [0.25, 0.3) is 0 Å². The number of urea groups is 1. The molecule has 1 aromatic carbocycles. The normalized spacial score (nSPS) is 21.7. The van der Waals surface area contributed by atoms with Crippen molar-refractivity contribution in [3.8, 4) is 0 Å². The number of anilines is 1. The molecule has 1 aliphatic rings. The minimum absolute atomic E-state index is 0.0789. The molecular weight excluding hydrogens is 280 g/mol. The number of hydrogen-bond acceptors (Lipinski definition) is 2. The second-order valence-electron chi connectivity index (χ2n) is 7.26. The molecule has 1 saturated heterocycles. The largest absolute Gasteiger partial charge is 0.481 e. The van der Waals surface area contributed by atoms with Crippen molar-refractivity contribution in [2.75, 3.05) is 18.4 Å². The van der Waals surface area contributed by atoms with Crippen LogP contribution < -0.4 is 5.32 Å². The zero-order chi connectivity index (χ0) is 16.5. The summed E-state index contributed by atoms with van der Waals surface area (Å²) in [6.07, 6.45) is 0.483. The highest BCUT2D eigenvalue weighted by Crippen LogP contribution is 2.32. The first kappa shape index (κ1) is 16.3. The molecule has 5 nitrogen and oxygen atoms in total. The summed E-state index contributed by atoms with van der Waals surface area (Å²) >= 11 is 0. The summed E-state index contributed by atoms with van der Waals surface area (Å²) in [7, 11) is 0. The Hall–Kier alpha value is -2.04. The van der Waals surface area contributed by atoms with Crippen LogP contribution in [0.15, 0.2) is 24.3 Å². The minimum Gasteiger partial charge on any atom is -0.481 e. The van der Waals surface area contributed by atoms with Crippen LogP contribution in [-0.4, -0.2) is 35.1 Å². The molecule has 5 heteroatoms. The lowest BCUT2D eigenvalue weighted by molar-refractivity contribution is -0.146. The second kappa shape index (κ2) is 5.63. The van der Waals surface area contributed by atoms with E-state index >= 15 is 0 Å². The van der Waals surface area contributed by atoms with E-state index in [2.05, 4.69) is 26.1 Å². The molecule has 1 atom stereocenters. The van der Waals surface area contributed by atoms with E-state index < -0.39 is 11.4 Å². The lowest BCUT2D eigenvalue weighted by atomic mass is 9.86. The lowest BCUT2D eigenvalue weighted by Crippen LogP contribution is -2.37. The fourth-order valence-electron chi connectivity index (χ4n) is 2.75. The summed E-state index contributed by atoms with van der Waals surface area (Å²) in [5, 5.41) is 12.2. The van der Waals surface area contributed by atoms with E-state index in [0.717, 1.165) is 11.3 Å². The number of carbonyl (C=O) groups is 2. The Balaban J connectivity index is 2.13. The maximum atomic E-state index is 12.4. The highest BCUT2D eigenvalue weighted by molar-refractivity contribution is 5.91. The number of carbonyl (C=O) groups excluding carboxylic acids is 1. The highest BCUT2D eigenvalue weighted by Gasteiger charge is 2.42. The van der Waals surface area contributed by atoms with E-state index in [1.807, 2.05) is 24.3 Å². The molecule has 0 spiro atoms. The molecule has 2 rings (SSSR count). The van der Waals surface area contributed by atoms with Gasteiger partial charge in [-0.15, -0.1) is 0 Å². The van der Waals surface area contributed by atoms with Crippen LogP contribution in [0.1, 0.15) is 39.7 Å². The van der Waals surface area contributed by atoms with Gasteiger partial charge in [-0.3, -0.25) is 4.79 Å². The third-order valence-electron chi connectivity index (χ3n) is 4.25. The first-order chi connectivity index (χ1) is 10.1. The van der Waals surface area contributed by atoms with Crippen molar-refractivity contribution in [2.45, 2.75) is 39.5 Å². The number of nitrogens with one attached hydrogen (secondary N) is 1. The number of para-hydroxylation sites is 1. The van der Waals surface area contributed by atoms with Gasteiger partial charge in [-0.1, -0.05) is 39.0 Å². The number of hydrogen-bond donors (Lipinski definition) is 2. The summed E-state index contributed by atoms with van der Waals surface area (Å²) in [5.41, 5.74) is 0.915. The smallest absolute Gasteiger partial charge is 0.321 e. The van der Waals surface area contributed by atoms with E-state index in [9.17, 15) is 14.7 Å². The number of rotatable bonds is 2. The zero-order valence-electron chi connectivity index (χ0n) is 13.6. The molecule has 120 valence electrons. The Bertz CT molecular complexity index is 592. The SMILES string of the molecule is CC1(C(=O)O)CCN(C(=O)Nc2ccccc2C(C)(C)C)C1. The van der Waals surface area contributed by atoms with Crippen molar-refractivity contribution >= 4 is 17.7 Å². The Morgan fingerprint density at radius 2 is 1.91 bits per heavy atom. The quantitative estimate of drug-likeness (QED) is 0.880. The average molecular weight is 304 g/mol. The lowest BCUT2D eigenvalue weighted by Gasteiger charge is -2.25. The first-order valence-electron chi connectivity index (χ1n) is 7.52. The van der Waals surface area contributed by atoms with Crippen molar-refractivity contribution in [1.82, 2.24) is 4.90 Å². The van der Waals surface area contributed by atoms with Gasteiger partial charge in [-0.05, 0) is 30.4 Å². The number of carboxylic acids is 1. The summed E-state index contributed by atoms with van der Waals surface area (Å²) in [5.74, 6) is -0.849. The molecule has 1 fully saturated rings. The number of likely N-dealkylation sites (tertiary alicyclic amines) is 1. The Labute approximate surface area is 131 Å². The van der Waals surface area contributed by atoms with Gasteiger partial charge in [-0.25, -0.2) is 4.79 Å². The first-order valence-corrected chi connectivity index (χ1v) is 7.52. The van der Waals surface area contributed by atoms with Gasteiger partial charge in [0.05, 0.1) is 5.41 Å². The molecule has 0 saturated carbocycles.